The fourth-order valence-electron chi connectivity index (χ4n) is 1.82. The highest BCUT2D eigenvalue weighted by Gasteiger charge is 2.20. The van der Waals surface area contributed by atoms with Crippen LogP contribution in [-0.4, -0.2) is 30.4 Å². The van der Waals surface area contributed by atoms with Crippen LogP contribution in [0.3, 0.4) is 0 Å². The average Bonchev–Trinajstić information content (AvgIpc) is 2.72. The molecule has 0 aromatic carbocycles. The summed E-state index contributed by atoms with van der Waals surface area (Å²) in [7, 11) is 1.41. The highest BCUT2D eigenvalue weighted by molar-refractivity contribution is 8.13. The molecule has 0 aliphatic rings. The Morgan fingerprint density at radius 3 is 2.48 bits per heavy atom. The third-order valence-electron chi connectivity index (χ3n) is 2.91. The van der Waals surface area contributed by atoms with Gasteiger partial charge in [-0.05, 0) is 12.3 Å². The summed E-state index contributed by atoms with van der Waals surface area (Å²) in [4.78, 5) is 15.9. The number of carbonyl (C=O) groups is 1. The largest absolute Gasteiger partial charge is 0.355 e. The molecule has 8 heteroatoms. The summed E-state index contributed by atoms with van der Waals surface area (Å²) in [5.74, 6) is 0.847. The van der Waals surface area contributed by atoms with Crippen molar-refractivity contribution < 1.29 is 13.2 Å². The minimum atomic E-state index is -3.89. The van der Waals surface area contributed by atoms with Crippen molar-refractivity contribution in [3.8, 4) is 0 Å². The van der Waals surface area contributed by atoms with Crippen molar-refractivity contribution in [2.75, 3.05) is 6.54 Å². The minimum absolute atomic E-state index is 0.0133. The number of halogens is 1. The van der Waals surface area contributed by atoms with Gasteiger partial charge in [-0.1, -0.05) is 27.7 Å². The van der Waals surface area contributed by atoms with E-state index in [1.807, 2.05) is 13.8 Å². The quantitative estimate of drug-likeness (QED) is 0.774. The Morgan fingerprint density at radius 2 is 2.00 bits per heavy atom. The molecule has 1 aromatic heterocycles. The molecule has 0 saturated heterocycles. The number of nitrogens with one attached hydrogen (secondary N) is 1. The summed E-state index contributed by atoms with van der Waals surface area (Å²) < 4.78 is 24.2. The first kappa shape index (κ1) is 18.0. The Morgan fingerprint density at radius 1 is 1.38 bits per heavy atom. The molecule has 0 unspecified atom stereocenters. The molecule has 0 spiro atoms. The summed E-state index contributed by atoms with van der Waals surface area (Å²) in [6, 6.07) is 0. The van der Waals surface area contributed by atoms with Crippen LogP contribution in [0, 0.1) is 5.92 Å². The predicted octanol–water partition coefficient (Wildman–Crippen LogP) is 2.10. The monoisotopic (exact) mass is 335 g/mol. The van der Waals surface area contributed by atoms with Crippen molar-refractivity contribution in [1.82, 2.24) is 14.9 Å². The number of aromatic nitrogens is 2. The number of imidazole rings is 1. The molecule has 0 aliphatic carbocycles. The van der Waals surface area contributed by atoms with Gasteiger partial charge in [0.25, 0.3) is 9.05 Å². The fraction of sp³-hybridized carbons (Fsp3) is 0.692. The van der Waals surface area contributed by atoms with Crippen LogP contribution in [0.15, 0.2) is 11.2 Å². The van der Waals surface area contributed by atoms with Crippen molar-refractivity contribution in [2.24, 2.45) is 5.92 Å². The topological polar surface area (TPSA) is 81.1 Å². The third kappa shape index (κ3) is 5.67. The molecule has 1 aromatic rings. The number of hydrogen-bond donors (Lipinski definition) is 1. The maximum Gasteiger partial charge on any atom is 0.280 e. The molecule has 1 amide bonds. The lowest BCUT2D eigenvalue weighted by Crippen LogP contribution is -2.29. The third-order valence-corrected chi connectivity index (χ3v) is 4.08. The molecular weight excluding hydrogens is 314 g/mol. The van der Waals surface area contributed by atoms with Gasteiger partial charge in [0.1, 0.15) is 12.4 Å². The zero-order valence-electron chi connectivity index (χ0n) is 12.8. The first-order chi connectivity index (χ1) is 9.61. The van der Waals surface area contributed by atoms with E-state index in [0.717, 1.165) is 6.42 Å². The molecule has 0 bridgehead atoms. The molecule has 6 nitrogen and oxygen atoms in total. The van der Waals surface area contributed by atoms with Crippen molar-refractivity contribution in [2.45, 2.75) is 51.6 Å². The lowest BCUT2D eigenvalue weighted by molar-refractivity contribution is -0.121. The number of nitrogens with zero attached hydrogens (tertiary/aromatic N) is 2. The number of amides is 1. The van der Waals surface area contributed by atoms with E-state index in [2.05, 4.69) is 24.1 Å². The Labute approximate surface area is 130 Å². The van der Waals surface area contributed by atoms with Crippen molar-refractivity contribution >= 4 is 25.6 Å². The summed E-state index contributed by atoms with van der Waals surface area (Å²) in [5.41, 5.74) is 0. The Kier molecular flexibility index (Phi) is 6.22. The zero-order valence-corrected chi connectivity index (χ0v) is 14.3. The van der Waals surface area contributed by atoms with E-state index in [-0.39, 0.29) is 23.4 Å². The first-order valence-corrected chi connectivity index (χ1v) is 9.20. The molecule has 120 valence electrons. The van der Waals surface area contributed by atoms with Crippen molar-refractivity contribution in [1.29, 1.82) is 0 Å². The van der Waals surface area contributed by atoms with E-state index >= 15 is 0 Å². The zero-order chi connectivity index (χ0) is 16.2. The molecule has 0 saturated carbocycles. The fourth-order valence-corrected chi connectivity index (χ4v) is 2.50. The van der Waals surface area contributed by atoms with Crippen LogP contribution in [0.1, 0.15) is 45.9 Å². The van der Waals surface area contributed by atoms with Gasteiger partial charge in [0.05, 0.1) is 0 Å². The van der Waals surface area contributed by atoms with Crippen LogP contribution in [0.25, 0.3) is 0 Å². The molecule has 21 heavy (non-hydrogen) atoms. The minimum Gasteiger partial charge on any atom is -0.355 e. The van der Waals surface area contributed by atoms with E-state index in [0.29, 0.717) is 18.3 Å². The lowest BCUT2D eigenvalue weighted by Gasteiger charge is -2.11. The van der Waals surface area contributed by atoms with Crippen LogP contribution < -0.4 is 5.32 Å². The van der Waals surface area contributed by atoms with Crippen LogP contribution in [-0.2, 0) is 20.4 Å². The summed E-state index contributed by atoms with van der Waals surface area (Å²) >= 11 is 0. The molecule has 0 atom stereocenters. The van der Waals surface area contributed by atoms with Crippen molar-refractivity contribution in [3.05, 3.63) is 12.0 Å². The molecule has 1 N–H and O–H groups in total. The summed E-state index contributed by atoms with van der Waals surface area (Å²) in [6.45, 7) is 8.54. The number of hydrogen-bond acceptors (Lipinski definition) is 4. The normalized spacial score (nSPS) is 12.1. The van der Waals surface area contributed by atoms with Crippen molar-refractivity contribution in [3.63, 3.8) is 0 Å². The molecule has 1 heterocycles. The summed E-state index contributed by atoms with van der Waals surface area (Å²) in [5, 5.41) is 2.59. The maximum absolute atomic E-state index is 11.9. The van der Waals surface area contributed by atoms with Gasteiger partial charge in [-0.2, -0.15) is 0 Å². The SMILES string of the molecule is CC(C)CCNC(=O)Cn1cc(S(=O)(=O)Cl)nc1C(C)C. The molecule has 0 aliphatic heterocycles. The average molecular weight is 336 g/mol. The second kappa shape index (κ2) is 7.26. The second-order valence-electron chi connectivity index (χ2n) is 5.69. The highest BCUT2D eigenvalue weighted by Crippen LogP contribution is 2.19. The van der Waals surface area contributed by atoms with Gasteiger partial charge >= 0.3 is 0 Å². The highest BCUT2D eigenvalue weighted by atomic mass is 35.7. The Bertz CT molecular complexity index is 594. The maximum atomic E-state index is 11.9. The number of rotatable bonds is 7. The van der Waals surface area contributed by atoms with Gasteiger partial charge in [0, 0.05) is 29.3 Å². The van der Waals surface area contributed by atoms with Crippen LogP contribution in [0.5, 0.6) is 0 Å². The summed E-state index contributed by atoms with van der Waals surface area (Å²) in [6.07, 6.45) is 2.20. The Balaban J connectivity index is 2.82. The standard InChI is InChI=1S/C13H22ClN3O3S/c1-9(2)5-6-15-11(18)7-17-8-12(21(14,19)20)16-13(17)10(3)4/h8-10H,5-7H2,1-4H3,(H,15,18). The van der Waals surface area contributed by atoms with Crippen LogP contribution in [0.2, 0.25) is 0 Å². The second-order valence-corrected chi connectivity index (χ2v) is 8.20. The van der Waals surface area contributed by atoms with Gasteiger partial charge < -0.3 is 9.88 Å². The van der Waals surface area contributed by atoms with Gasteiger partial charge in [-0.15, -0.1) is 0 Å². The van der Waals surface area contributed by atoms with Gasteiger partial charge in [-0.3, -0.25) is 4.79 Å². The van der Waals surface area contributed by atoms with Gasteiger partial charge in [0.2, 0.25) is 5.91 Å². The van der Waals surface area contributed by atoms with E-state index in [9.17, 15) is 13.2 Å². The van der Waals surface area contributed by atoms with E-state index in [4.69, 9.17) is 10.7 Å². The first-order valence-electron chi connectivity index (χ1n) is 6.89. The van der Waals surface area contributed by atoms with Gasteiger partial charge in [0.15, 0.2) is 5.03 Å². The number of carbonyl (C=O) groups excluding carboxylic acids is 1. The molecule has 0 radical (unpaired) electrons. The smallest absolute Gasteiger partial charge is 0.280 e. The predicted molar refractivity (Wildman–Crippen MR) is 81.8 cm³/mol. The van der Waals surface area contributed by atoms with E-state index in [1.54, 1.807) is 0 Å². The Hall–Kier alpha value is -1.08. The van der Waals surface area contributed by atoms with Crippen LogP contribution >= 0.6 is 10.7 Å². The molecular formula is C13H22ClN3O3S. The van der Waals surface area contributed by atoms with E-state index in [1.165, 1.54) is 10.8 Å². The molecule has 1 rings (SSSR count). The van der Waals surface area contributed by atoms with Gasteiger partial charge in [-0.25, -0.2) is 13.4 Å². The van der Waals surface area contributed by atoms with Crippen LogP contribution in [0.4, 0.5) is 0 Å². The lowest BCUT2D eigenvalue weighted by atomic mass is 10.1. The van der Waals surface area contributed by atoms with E-state index < -0.39 is 9.05 Å². The molecule has 0 fully saturated rings.